The Labute approximate surface area is 493 Å². The molecule has 0 radical (unpaired) electrons. The van der Waals surface area contributed by atoms with E-state index in [-0.39, 0.29) is 112 Å². The molecule has 6 aliphatic rings. The van der Waals surface area contributed by atoms with Crippen molar-refractivity contribution in [3.05, 3.63) is 64.8 Å². The summed E-state index contributed by atoms with van der Waals surface area (Å²) >= 11 is 2.28. The molecule has 0 spiro atoms. The van der Waals surface area contributed by atoms with Gasteiger partial charge in [0, 0.05) is 31.1 Å². The van der Waals surface area contributed by atoms with E-state index in [1.807, 2.05) is 10.1 Å². The zero-order chi connectivity index (χ0) is 58.0. The van der Waals surface area contributed by atoms with Crippen LogP contribution >= 0.6 is 22.6 Å². The lowest BCUT2D eigenvalue weighted by Crippen LogP contribution is -2.64. The van der Waals surface area contributed by atoms with E-state index in [1.54, 1.807) is 24.3 Å². The number of halogens is 1. The highest BCUT2D eigenvalue weighted by Gasteiger charge is 2.57. The van der Waals surface area contributed by atoms with Gasteiger partial charge in [0.05, 0.1) is 85.3 Å². The van der Waals surface area contributed by atoms with Gasteiger partial charge in [0.1, 0.15) is 11.4 Å². The fourth-order valence-electron chi connectivity index (χ4n) is 12.7. The molecule has 0 saturated carbocycles. The second-order valence-electron chi connectivity index (χ2n) is 27.8. The Morgan fingerprint density at radius 3 is 2.09 bits per heavy atom. The molecule has 12 nitrogen and oxygen atoms in total. The highest BCUT2D eigenvalue weighted by molar-refractivity contribution is 14.1. The topological polar surface area (TPSA) is 134 Å². The summed E-state index contributed by atoms with van der Waals surface area (Å²) in [5, 5.41) is -1.46. The number of rotatable bonds is 23. The van der Waals surface area contributed by atoms with Crippen molar-refractivity contribution in [3.8, 4) is 0 Å². The van der Waals surface area contributed by atoms with Crippen LogP contribution in [0.1, 0.15) is 153 Å². The molecule has 448 valence electrons. The minimum Gasteiger partial charge on any atom is -0.411 e. The summed E-state index contributed by atoms with van der Waals surface area (Å²) in [7, 11) is -8.88. The Balaban J connectivity index is 1.14. The van der Waals surface area contributed by atoms with Crippen molar-refractivity contribution in [2.45, 2.75) is 279 Å². The van der Waals surface area contributed by atoms with E-state index in [4.69, 9.17) is 42.0 Å². The van der Waals surface area contributed by atoms with Crippen molar-refractivity contribution >= 4 is 54.8 Å². The number of hydrogen-bond donors (Lipinski definition) is 0. The van der Waals surface area contributed by atoms with Gasteiger partial charge in [-0.1, -0.05) is 137 Å². The SMILES string of the molecule is C=C1C[C@H](CCC2OCCO2)O[C@H]1CC[C@H]1C[C@H](C)C(=C)[C@@H](C[C@@H]2O[C@H](C[C@H](C)CC)[C@@H](C)[C@H]2C(C(=O)C[C@H]2CC[C@@H]3O[C@H]([C@H](/C=C/I)O[Si](C)(C)C(C)(C)C)[C@@H](O[Si](C)(C)C(C)(C)C)[C@@H](C)[C@@H]3O2)S(=O)(=O)c2ccccc2)O1. The Bertz CT molecular complexity index is 2330. The predicted molar refractivity (Wildman–Crippen MR) is 328 cm³/mol. The number of ether oxygens (including phenoxy) is 7. The summed E-state index contributed by atoms with van der Waals surface area (Å²) in [6.07, 6.45) is 6.76. The number of ketones is 1. The van der Waals surface area contributed by atoms with Crippen molar-refractivity contribution in [2.24, 2.45) is 29.6 Å². The van der Waals surface area contributed by atoms with Crippen LogP contribution in [0.5, 0.6) is 0 Å². The molecule has 0 N–H and O–H groups in total. The molecule has 1 aromatic carbocycles. The molecule has 0 aromatic heterocycles. The van der Waals surface area contributed by atoms with Gasteiger partial charge >= 0.3 is 0 Å². The van der Waals surface area contributed by atoms with Gasteiger partial charge < -0.3 is 42.0 Å². The number of benzene rings is 1. The third-order valence-electron chi connectivity index (χ3n) is 20.0. The summed E-state index contributed by atoms with van der Waals surface area (Å²) in [5.74, 6) is -0.822. The van der Waals surface area contributed by atoms with Gasteiger partial charge in [0.25, 0.3) is 0 Å². The second kappa shape index (κ2) is 27.1. The van der Waals surface area contributed by atoms with Crippen molar-refractivity contribution in [1.29, 1.82) is 0 Å². The van der Waals surface area contributed by atoms with E-state index in [9.17, 15) is 0 Å². The maximum absolute atomic E-state index is 15.7. The minimum atomic E-state index is -4.24. The molecular weight excluding hydrogens is 1160 g/mol. The second-order valence-corrected chi connectivity index (χ2v) is 40.1. The van der Waals surface area contributed by atoms with Crippen molar-refractivity contribution in [2.75, 3.05) is 13.2 Å². The number of carbonyl (C=O) groups excluding carboxylic acids is 1. The molecule has 0 bridgehead atoms. The molecular formula is C63H103IO12SSi2. The summed E-state index contributed by atoms with van der Waals surface area (Å²) < 4.78 is 94.2. The first-order valence-electron chi connectivity index (χ1n) is 30.3. The number of hydrogen-bond acceptors (Lipinski definition) is 12. The fraction of sp³-hybridized carbons (Fsp3) is 0.794. The normalized spacial score (nSPS) is 34.8. The smallest absolute Gasteiger partial charge is 0.193 e. The zero-order valence-electron chi connectivity index (χ0n) is 51.0. The molecule has 6 saturated heterocycles. The van der Waals surface area contributed by atoms with Crippen molar-refractivity contribution < 1.29 is 55.2 Å². The van der Waals surface area contributed by atoms with Gasteiger partial charge in [-0.05, 0) is 139 Å². The molecule has 16 heteroatoms. The average molecular weight is 1270 g/mol. The molecule has 7 rings (SSSR count). The van der Waals surface area contributed by atoms with Crippen LogP contribution in [-0.4, -0.2) is 129 Å². The van der Waals surface area contributed by atoms with Gasteiger partial charge in [-0.25, -0.2) is 8.42 Å². The van der Waals surface area contributed by atoms with Gasteiger partial charge in [0.15, 0.2) is 38.5 Å². The van der Waals surface area contributed by atoms with Crippen molar-refractivity contribution in [1.82, 2.24) is 0 Å². The van der Waals surface area contributed by atoms with Gasteiger partial charge in [0.2, 0.25) is 0 Å². The van der Waals surface area contributed by atoms with E-state index in [0.717, 1.165) is 62.5 Å². The van der Waals surface area contributed by atoms with Crippen molar-refractivity contribution in [3.63, 3.8) is 0 Å². The lowest BCUT2D eigenvalue weighted by Gasteiger charge is -2.54. The number of fused-ring (bicyclic) bond motifs is 1. The highest BCUT2D eigenvalue weighted by Crippen LogP contribution is 2.49. The summed E-state index contributed by atoms with van der Waals surface area (Å²) in [6, 6.07) is 8.54. The monoisotopic (exact) mass is 1270 g/mol. The van der Waals surface area contributed by atoms with E-state index >= 15 is 13.2 Å². The molecule has 79 heavy (non-hydrogen) atoms. The van der Waals surface area contributed by atoms with E-state index in [2.05, 4.69) is 144 Å². The van der Waals surface area contributed by atoms with Crippen LogP contribution < -0.4 is 0 Å². The molecule has 6 heterocycles. The summed E-state index contributed by atoms with van der Waals surface area (Å²) in [4.78, 5) is 15.8. The lowest BCUT2D eigenvalue weighted by molar-refractivity contribution is -0.251. The molecule has 18 atom stereocenters. The molecule has 6 aliphatic heterocycles. The van der Waals surface area contributed by atoms with Crippen LogP contribution in [0.25, 0.3) is 0 Å². The number of sulfone groups is 1. The number of Topliss-reactive ketones (excluding diaryl/α,β-unsaturated/α-hetero) is 1. The first-order valence-corrected chi connectivity index (χ1v) is 38.9. The standard InChI is InChI=1S/C63H103IO12SSi2/c1-18-39(2)34-53-43(6)57(55(73-53)38-54-42(5)40(3)35-45(71-54)24-27-50-41(4)36-46(70-50)26-29-56-68-32-33-69-56)61(77(66,67)48-22-20-19-21-23-48)49(65)37-47-25-28-51-58(72-47)44(7)59(76-79(16,17)63(11,12)13)60(74-51)52(30-31-64)75-78(14,15)62(8,9)10/h19-23,30-31,39-40,43-47,50-61H,4-5,18,24-29,32-38H2,1-3,6-17H3/b31-30+/t39-,40+,43-,44+,45+,46+,47-,50+,51+,52+,53-,54-,55+,57-,58+,59+,60-,61?/m1/s1. The summed E-state index contributed by atoms with van der Waals surface area (Å²) in [5.41, 5.74) is 2.11. The highest BCUT2D eigenvalue weighted by atomic mass is 127. The van der Waals surface area contributed by atoms with Crippen LogP contribution in [0.2, 0.25) is 36.3 Å². The maximum Gasteiger partial charge on any atom is 0.193 e. The molecule has 0 amide bonds. The molecule has 6 fully saturated rings. The fourth-order valence-corrected chi connectivity index (χ4v) is 17.9. The Kier molecular flexibility index (Phi) is 22.4. The largest absolute Gasteiger partial charge is 0.411 e. The molecule has 1 unspecified atom stereocenters. The molecule has 1 aromatic rings. The third-order valence-corrected chi connectivity index (χ3v) is 31.5. The average Bonchev–Trinajstić information content (AvgIpc) is 4.34. The lowest BCUT2D eigenvalue weighted by atomic mass is 9.78. The maximum atomic E-state index is 15.7. The van der Waals surface area contributed by atoms with Crippen LogP contribution in [-0.2, 0) is 56.6 Å². The van der Waals surface area contributed by atoms with Crippen LogP contribution in [0.4, 0.5) is 0 Å². The van der Waals surface area contributed by atoms with Crippen LogP contribution in [0, 0.1) is 29.6 Å². The van der Waals surface area contributed by atoms with Gasteiger partial charge in [-0.3, -0.25) is 4.79 Å². The van der Waals surface area contributed by atoms with Crippen LogP contribution in [0.15, 0.2) is 69.7 Å². The molecule has 0 aliphatic carbocycles. The van der Waals surface area contributed by atoms with E-state index < -0.39 is 49.8 Å². The Hall–Kier alpha value is -1.14. The van der Waals surface area contributed by atoms with E-state index in [0.29, 0.717) is 38.4 Å². The quantitative estimate of drug-likeness (QED) is 0.0586. The first kappa shape index (κ1) is 65.4. The van der Waals surface area contributed by atoms with Gasteiger partial charge in [-0.2, -0.15) is 0 Å². The number of carbonyl (C=O) groups is 1. The Morgan fingerprint density at radius 1 is 0.810 bits per heavy atom. The third kappa shape index (κ3) is 15.7. The van der Waals surface area contributed by atoms with Crippen LogP contribution in [0.3, 0.4) is 0 Å². The Morgan fingerprint density at radius 2 is 1.46 bits per heavy atom. The van der Waals surface area contributed by atoms with E-state index in [1.165, 1.54) is 0 Å². The minimum absolute atomic E-state index is 0.0201. The first-order chi connectivity index (χ1) is 37.0. The summed E-state index contributed by atoms with van der Waals surface area (Å²) in [6.45, 7) is 43.9. The predicted octanol–water partition coefficient (Wildman–Crippen LogP) is 14.3. The zero-order valence-corrected chi connectivity index (χ0v) is 56.0. The van der Waals surface area contributed by atoms with Gasteiger partial charge in [-0.15, -0.1) is 0 Å².